The fourth-order valence-electron chi connectivity index (χ4n) is 1.57. The zero-order chi connectivity index (χ0) is 14.3. The van der Waals surface area contributed by atoms with E-state index in [4.69, 9.17) is 5.73 Å². The minimum atomic E-state index is 0.480. The fraction of sp³-hybridized carbons (Fsp3) is 0.400. The number of anilines is 1. The quantitative estimate of drug-likeness (QED) is 0.466. The van der Waals surface area contributed by atoms with Crippen LogP contribution in [0.4, 0.5) is 5.69 Å². The van der Waals surface area contributed by atoms with Gasteiger partial charge < -0.3 is 16.0 Å². The minimum absolute atomic E-state index is 0.480. The summed E-state index contributed by atoms with van der Waals surface area (Å²) in [5.41, 5.74) is 9.24. The van der Waals surface area contributed by atoms with Crippen molar-refractivity contribution in [3.05, 3.63) is 42.0 Å². The van der Waals surface area contributed by atoms with Gasteiger partial charge in [-0.3, -0.25) is 0 Å². The third kappa shape index (κ3) is 5.95. The first-order chi connectivity index (χ1) is 8.99. The van der Waals surface area contributed by atoms with Crippen LogP contribution in [-0.4, -0.2) is 33.1 Å². The predicted octanol–water partition coefficient (Wildman–Crippen LogP) is 1.78. The maximum Gasteiger partial charge on any atom is 0.188 e. The highest BCUT2D eigenvalue weighted by Crippen LogP contribution is 2.12. The van der Waals surface area contributed by atoms with Gasteiger partial charge in [-0.05, 0) is 31.0 Å². The molecule has 0 aliphatic carbocycles. The van der Waals surface area contributed by atoms with Crippen LogP contribution in [0.25, 0.3) is 0 Å². The molecule has 0 radical (unpaired) electrons. The van der Waals surface area contributed by atoms with E-state index in [-0.39, 0.29) is 0 Å². The van der Waals surface area contributed by atoms with Crippen LogP contribution in [0.3, 0.4) is 0 Å². The normalized spacial score (nSPS) is 11.2. The van der Waals surface area contributed by atoms with Gasteiger partial charge in [0.25, 0.3) is 0 Å². The summed E-state index contributed by atoms with van der Waals surface area (Å²) < 4.78 is 0. The molecular weight excluding hydrogens is 236 g/mol. The van der Waals surface area contributed by atoms with Crippen molar-refractivity contribution >= 4 is 11.6 Å². The lowest BCUT2D eigenvalue weighted by Crippen LogP contribution is -2.33. The highest BCUT2D eigenvalue weighted by Gasteiger charge is 1.97. The molecule has 0 saturated heterocycles. The van der Waals surface area contributed by atoms with Crippen LogP contribution in [0.2, 0.25) is 0 Å². The third-order valence-corrected chi connectivity index (χ3v) is 2.69. The fourth-order valence-corrected chi connectivity index (χ4v) is 1.57. The van der Waals surface area contributed by atoms with Crippen molar-refractivity contribution in [3.63, 3.8) is 0 Å². The Kier molecular flexibility index (Phi) is 5.93. The van der Waals surface area contributed by atoms with E-state index < -0.39 is 0 Å². The Labute approximate surface area is 116 Å². The Morgan fingerprint density at radius 1 is 1.32 bits per heavy atom. The van der Waals surface area contributed by atoms with Crippen molar-refractivity contribution in [2.75, 3.05) is 32.1 Å². The molecule has 1 rings (SSSR count). The molecule has 0 unspecified atom stereocenters. The summed E-state index contributed by atoms with van der Waals surface area (Å²) >= 11 is 0. The number of nitrogens with two attached hydrogens (primary N) is 1. The first kappa shape index (κ1) is 15.1. The van der Waals surface area contributed by atoms with Crippen LogP contribution in [0, 0.1) is 0 Å². The number of nitrogens with zero attached hydrogens (tertiary/aromatic N) is 2. The van der Waals surface area contributed by atoms with Crippen molar-refractivity contribution < 1.29 is 0 Å². The van der Waals surface area contributed by atoms with Crippen LogP contribution in [0.5, 0.6) is 0 Å². The summed E-state index contributed by atoms with van der Waals surface area (Å²) in [5.74, 6) is 0.480. The smallest absolute Gasteiger partial charge is 0.188 e. The minimum Gasteiger partial charge on any atom is -0.378 e. The summed E-state index contributed by atoms with van der Waals surface area (Å²) in [5, 5.41) is 3.10. The van der Waals surface area contributed by atoms with E-state index in [1.807, 2.05) is 21.0 Å². The van der Waals surface area contributed by atoms with E-state index in [9.17, 15) is 0 Å². The second-order valence-corrected chi connectivity index (χ2v) is 4.90. The maximum atomic E-state index is 5.74. The summed E-state index contributed by atoms with van der Waals surface area (Å²) in [6.07, 6.45) is 0.928. The number of hydrogen-bond acceptors (Lipinski definition) is 2. The van der Waals surface area contributed by atoms with E-state index in [2.05, 4.69) is 46.1 Å². The lowest BCUT2D eigenvalue weighted by Gasteiger charge is -2.12. The van der Waals surface area contributed by atoms with Crippen molar-refractivity contribution in [1.82, 2.24) is 5.32 Å². The zero-order valence-corrected chi connectivity index (χ0v) is 12.1. The molecule has 0 heterocycles. The molecule has 3 N–H and O–H groups in total. The SMILES string of the molecule is C=C(C)CN=C(N)NCCc1ccc(N(C)C)cc1. The van der Waals surface area contributed by atoms with Crippen molar-refractivity contribution in [1.29, 1.82) is 0 Å². The molecule has 0 aliphatic heterocycles. The molecule has 104 valence electrons. The lowest BCUT2D eigenvalue weighted by atomic mass is 10.1. The molecule has 0 aliphatic rings. The van der Waals surface area contributed by atoms with Crippen molar-refractivity contribution in [2.24, 2.45) is 10.7 Å². The molecule has 0 saturated carbocycles. The topological polar surface area (TPSA) is 53.6 Å². The molecule has 4 heteroatoms. The van der Waals surface area contributed by atoms with E-state index in [0.29, 0.717) is 12.5 Å². The Bertz CT molecular complexity index is 432. The maximum absolute atomic E-state index is 5.74. The Morgan fingerprint density at radius 3 is 2.47 bits per heavy atom. The number of hydrogen-bond donors (Lipinski definition) is 2. The van der Waals surface area contributed by atoms with Crippen LogP contribution >= 0.6 is 0 Å². The van der Waals surface area contributed by atoms with Crippen molar-refractivity contribution in [3.8, 4) is 0 Å². The largest absolute Gasteiger partial charge is 0.378 e. The Morgan fingerprint density at radius 2 is 1.95 bits per heavy atom. The van der Waals surface area contributed by atoms with Gasteiger partial charge in [-0.2, -0.15) is 0 Å². The highest BCUT2D eigenvalue weighted by atomic mass is 15.1. The molecule has 1 aromatic carbocycles. The standard InChI is InChI=1S/C15H24N4/c1-12(2)11-18-15(16)17-10-9-13-5-7-14(8-6-13)19(3)4/h5-8H,1,9-11H2,2-4H3,(H3,16,17,18). The summed E-state index contributed by atoms with van der Waals surface area (Å²) in [4.78, 5) is 6.26. The van der Waals surface area contributed by atoms with Gasteiger partial charge in [-0.15, -0.1) is 0 Å². The molecule has 1 aromatic rings. The second kappa shape index (κ2) is 7.46. The molecular formula is C15H24N4. The van der Waals surface area contributed by atoms with Gasteiger partial charge in [0.15, 0.2) is 5.96 Å². The van der Waals surface area contributed by atoms with Gasteiger partial charge in [-0.25, -0.2) is 4.99 Å². The van der Waals surface area contributed by atoms with Gasteiger partial charge in [0.1, 0.15) is 0 Å². The summed E-state index contributed by atoms with van der Waals surface area (Å²) in [6.45, 7) is 7.08. The van der Waals surface area contributed by atoms with Crippen molar-refractivity contribution in [2.45, 2.75) is 13.3 Å². The second-order valence-electron chi connectivity index (χ2n) is 4.90. The number of nitrogens with one attached hydrogen (secondary N) is 1. The molecule has 0 aromatic heterocycles. The highest BCUT2D eigenvalue weighted by molar-refractivity contribution is 5.77. The van der Waals surface area contributed by atoms with Crippen LogP contribution in [0.15, 0.2) is 41.4 Å². The molecule has 0 atom stereocenters. The van der Waals surface area contributed by atoms with Gasteiger partial charge in [0, 0.05) is 26.3 Å². The molecule has 0 bridgehead atoms. The first-order valence-corrected chi connectivity index (χ1v) is 6.43. The molecule has 0 fully saturated rings. The zero-order valence-electron chi connectivity index (χ0n) is 12.1. The van der Waals surface area contributed by atoms with Gasteiger partial charge in [-0.1, -0.05) is 24.3 Å². The third-order valence-electron chi connectivity index (χ3n) is 2.69. The number of guanidine groups is 1. The molecule has 4 nitrogen and oxygen atoms in total. The first-order valence-electron chi connectivity index (χ1n) is 6.43. The monoisotopic (exact) mass is 260 g/mol. The molecule has 0 spiro atoms. The van der Waals surface area contributed by atoms with Gasteiger partial charge in [0.2, 0.25) is 0 Å². The van der Waals surface area contributed by atoms with Crippen LogP contribution in [0.1, 0.15) is 12.5 Å². The van der Waals surface area contributed by atoms with Crippen LogP contribution < -0.4 is 16.0 Å². The average Bonchev–Trinajstić information content (AvgIpc) is 2.37. The van der Waals surface area contributed by atoms with E-state index in [1.165, 1.54) is 11.3 Å². The summed E-state index contributed by atoms with van der Waals surface area (Å²) in [6, 6.07) is 8.51. The van der Waals surface area contributed by atoms with E-state index in [0.717, 1.165) is 18.5 Å². The molecule has 19 heavy (non-hydrogen) atoms. The number of benzene rings is 1. The van der Waals surface area contributed by atoms with Gasteiger partial charge >= 0.3 is 0 Å². The summed E-state index contributed by atoms with van der Waals surface area (Å²) in [7, 11) is 4.07. The average molecular weight is 260 g/mol. The Hall–Kier alpha value is -1.97. The van der Waals surface area contributed by atoms with Gasteiger partial charge in [0.05, 0.1) is 6.54 Å². The van der Waals surface area contributed by atoms with Crippen LogP contribution in [-0.2, 0) is 6.42 Å². The van der Waals surface area contributed by atoms with E-state index >= 15 is 0 Å². The lowest BCUT2D eigenvalue weighted by molar-refractivity contribution is 0.852. The van der Waals surface area contributed by atoms with E-state index in [1.54, 1.807) is 0 Å². The molecule has 0 amide bonds. The number of rotatable bonds is 6. The Balaban J connectivity index is 2.36. The predicted molar refractivity (Wildman–Crippen MR) is 83.8 cm³/mol. The number of aliphatic imine (C=N–C) groups is 1.